The number of nitrogens with one attached hydrogen (secondary N) is 2. The zero-order chi connectivity index (χ0) is 23.9. The second-order valence-corrected chi connectivity index (χ2v) is 7.83. The molecule has 0 bridgehead atoms. The van der Waals surface area contributed by atoms with Crippen LogP contribution in [-0.4, -0.2) is 86.7 Å². The van der Waals surface area contributed by atoms with Crippen LogP contribution in [0.15, 0.2) is 0 Å². The first-order chi connectivity index (χ1) is 14.4. The zero-order valence-corrected chi connectivity index (χ0v) is 17.9. The van der Waals surface area contributed by atoms with Gasteiger partial charge in [-0.2, -0.15) is 0 Å². The molecule has 6 atom stereocenters. The van der Waals surface area contributed by atoms with Crippen LogP contribution in [0.5, 0.6) is 0 Å². The summed E-state index contributed by atoms with van der Waals surface area (Å²) in [7, 11) is 0. The van der Waals surface area contributed by atoms with Gasteiger partial charge in [-0.1, -0.05) is 20.3 Å². The predicted octanol–water partition coefficient (Wildman–Crippen LogP) is -1.74. The van der Waals surface area contributed by atoms with E-state index in [0.717, 1.165) is 0 Å². The Morgan fingerprint density at radius 1 is 1.13 bits per heavy atom. The van der Waals surface area contributed by atoms with Crippen LogP contribution in [-0.2, 0) is 24.0 Å². The van der Waals surface area contributed by atoms with Crippen molar-refractivity contribution in [2.75, 3.05) is 6.54 Å². The molecule has 1 aliphatic heterocycles. The lowest BCUT2D eigenvalue weighted by atomic mass is 9.97. The van der Waals surface area contributed by atoms with Crippen molar-refractivity contribution in [2.45, 2.75) is 76.7 Å². The highest BCUT2D eigenvalue weighted by molar-refractivity contribution is 5.95. The molecule has 0 radical (unpaired) electrons. The predicted molar refractivity (Wildman–Crippen MR) is 108 cm³/mol. The molecule has 12 heteroatoms. The minimum absolute atomic E-state index is 0.275. The molecule has 0 aromatic heterocycles. The number of hydrogen-bond acceptors (Lipinski definition) is 7. The van der Waals surface area contributed by atoms with Crippen LogP contribution in [0.3, 0.4) is 0 Å². The van der Waals surface area contributed by atoms with Gasteiger partial charge in [0.25, 0.3) is 0 Å². The molecule has 3 amide bonds. The maximum Gasteiger partial charge on any atom is 0.326 e. The van der Waals surface area contributed by atoms with Crippen LogP contribution in [0.4, 0.5) is 0 Å². The minimum Gasteiger partial charge on any atom is -0.481 e. The van der Waals surface area contributed by atoms with E-state index in [1.54, 1.807) is 13.8 Å². The molecule has 0 aromatic carbocycles. The lowest BCUT2D eigenvalue weighted by Gasteiger charge is -2.30. The van der Waals surface area contributed by atoms with E-state index in [1.807, 2.05) is 0 Å². The first-order valence-electron chi connectivity index (χ1n) is 10.2. The average Bonchev–Trinajstić information content (AvgIpc) is 3.18. The number of aliphatic hydroxyl groups excluding tert-OH is 1. The van der Waals surface area contributed by atoms with E-state index >= 15 is 0 Å². The summed E-state index contributed by atoms with van der Waals surface area (Å²) < 4.78 is 0. The molecule has 7 N–H and O–H groups in total. The van der Waals surface area contributed by atoms with Gasteiger partial charge in [-0.25, -0.2) is 4.79 Å². The van der Waals surface area contributed by atoms with Crippen LogP contribution in [0, 0.1) is 5.92 Å². The van der Waals surface area contributed by atoms with Gasteiger partial charge in [0.05, 0.1) is 12.5 Å². The van der Waals surface area contributed by atoms with Gasteiger partial charge in [0, 0.05) is 6.54 Å². The molecule has 12 nitrogen and oxygen atoms in total. The molecular weight excluding hydrogens is 412 g/mol. The van der Waals surface area contributed by atoms with Crippen molar-refractivity contribution in [3.05, 3.63) is 0 Å². The van der Waals surface area contributed by atoms with Crippen LogP contribution >= 0.6 is 0 Å². The number of carboxylic acids is 2. The topological polar surface area (TPSA) is 199 Å². The Kier molecular flexibility index (Phi) is 9.85. The molecule has 1 aliphatic rings. The third-order valence-electron chi connectivity index (χ3n) is 5.43. The molecule has 1 rings (SSSR count). The quantitative estimate of drug-likeness (QED) is 0.214. The van der Waals surface area contributed by atoms with Crippen molar-refractivity contribution in [2.24, 2.45) is 11.7 Å². The summed E-state index contributed by atoms with van der Waals surface area (Å²) in [6.45, 7) is 5.10. The molecule has 31 heavy (non-hydrogen) atoms. The maximum atomic E-state index is 12.9. The normalized spacial score (nSPS) is 20.8. The molecule has 176 valence electrons. The Labute approximate surface area is 180 Å². The van der Waals surface area contributed by atoms with E-state index in [0.29, 0.717) is 19.3 Å². The number of nitrogens with two attached hydrogens (primary N) is 1. The second-order valence-electron chi connectivity index (χ2n) is 7.83. The summed E-state index contributed by atoms with van der Waals surface area (Å²) >= 11 is 0. The number of carbonyl (C=O) groups is 5. The second kappa shape index (κ2) is 11.6. The Morgan fingerprint density at radius 3 is 2.23 bits per heavy atom. The maximum absolute atomic E-state index is 12.9. The van der Waals surface area contributed by atoms with Gasteiger partial charge in [-0.15, -0.1) is 0 Å². The third-order valence-corrected chi connectivity index (χ3v) is 5.43. The molecule has 1 heterocycles. The zero-order valence-electron chi connectivity index (χ0n) is 17.9. The number of amides is 3. The number of nitrogens with zero attached hydrogens (tertiary/aromatic N) is 1. The van der Waals surface area contributed by atoms with E-state index in [1.165, 1.54) is 11.8 Å². The van der Waals surface area contributed by atoms with Crippen molar-refractivity contribution in [1.29, 1.82) is 0 Å². The van der Waals surface area contributed by atoms with Gasteiger partial charge < -0.3 is 36.6 Å². The number of hydrogen-bond donors (Lipinski definition) is 6. The van der Waals surface area contributed by atoms with Gasteiger partial charge >= 0.3 is 11.9 Å². The van der Waals surface area contributed by atoms with E-state index in [9.17, 15) is 29.1 Å². The highest BCUT2D eigenvalue weighted by atomic mass is 16.4. The van der Waals surface area contributed by atoms with E-state index < -0.39 is 72.3 Å². The first kappa shape index (κ1) is 26.3. The van der Waals surface area contributed by atoms with Gasteiger partial charge in [0.2, 0.25) is 17.7 Å². The molecule has 0 aromatic rings. The summed E-state index contributed by atoms with van der Waals surface area (Å²) in [6.07, 6.45) is -0.566. The molecule has 1 saturated heterocycles. The fourth-order valence-corrected chi connectivity index (χ4v) is 3.29. The standard InChI is InChI=1S/C19H32N4O8/c1-4-9(2)15(17(28)21-11(19(30)31)8-13(25)26)22-16(27)12-6-5-7-23(12)18(29)14(20)10(3)24/h9-12,14-15,24H,4-8,20H2,1-3H3,(H,21,28)(H,22,27)(H,25,26)(H,30,31). The largest absolute Gasteiger partial charge is 0.481 e. The molecule has 0 aliphatic carbocycles. The Balaban J connectivity index is 2.97. The van der Waals surface area contributed by atoms with E-state index in [2.05, 4.69) is 10.6 Å². The molecule has 1 fully saturated rings. The third kappa shape index (κ3) is 7.17. The minimum atomic E-state index is -1.65. The Bertz CT molecular complexity index is 698. The van der Waals surface area contributed by atoms with Crippen molar-refractivity contribution in [3.63, 3.8) is 0 Å². The van der Waals surface area contributed by atoms with Gasteiger partial charge in [-0.3, -0.25) is 19.2 Å². The highest BCUT2D eigenvalue weighted by Crippen LogP contribution is 2.20. The number of aliphatic hydroxyl groups is 1. The summed E-state index contributed by atoms with van der Waals surface area (Å²) in [5.41, 5.74) is 5.70. The lowest BCUT2D eigenvalue weighted by Crippen LogP contribution is -2.59. The Hall–Kier alpha value is -2.73. The van der Waals surface area contributed by atoms with Crippen molar-refractivity contribution in [1.82, 2.24) is 15.5 Å². The lowest BCUT2D eigenvalue weighted by molar-refractivity contribution is -0.147. The smallest absolute Gasteiger partial charge is 0.326 e. The SMILES string of the molecule is CCC(C)C(NC(=O)C1CCCN1C(=O)C(N)C(C)O)C(=O)NC(CC(=O)O)C(=O)O. The first-order valence-corrected chi connectivity index (χ1v) is 10.2. The van der Waals surface area contributed by atoms with Crippen LogP contribution in [0.2, 0.25) is 0 Å². The van der Waals surface area contributed by atoms with E-state index in [-0.39, 0.29) is 6.54 Å². The molecule has 0 spiro atoms. The van der Waals surface area contributed by atoms with E-state index in [4.69, 9.17) is 15.9 Å². The number of rotatable bonds is 11. The van der Waals surface area contributed by atoms with Crippen LogP contribution < -0.4 is 16.4 Å². The number of carbonyl (C=O) groups excluding carboxylic acids is 3. The molecule has 6 unspecified atom stereocenters. The molecule has 0 saturated carbocycles. The van der Waals surface area contributed by atoms with Crippen LogP contribution in [0.25, 0.3) is 0 Å². The van der Waals surface area contributed by atoms with Crippen LogP contribution in [0.1, 0.15) is 46.5 Å². The van der Waals surface area contributed by atoms with Gasteiger partial charge in [0.15, 0.2) is 0 Å². The number of likely N-dealkylation sites (tertiary alicyclic amines) is 1. The summed E-state index contributed by atoms with van der Waals surface area (Å²) in [6, 6.07) is -4.85. The summed E-state index contributed by atoms with van der Waals surface area (Å²) in [4.78, 5) is 61.5. The fraction of sp³-hybridized carbons (Fsp3) is 0.737. The fourth-order valence-electron chi connectivity index (χ4n) is 3.29. The number of carboxylic acid groups (broad SMARTS) is 2. The van der Waals surface area contributed by atoms with Crippen molar-refractivity contribution in [3.8, 4) is 0 Å². The average molecular weight is 444 g/mol. The summed E-state index contributed by atoms with van der Waals surface area (Å²) in [5, 5.41) is 32.3. The van der Waals surface area contributed by atoms with Gasteiger partial charge in [-0.05, 0) is 25.7 Å². The number of aliphatic carboxylic acids is 2. The summed E-state index contributed by atoms with van der Waals surface area (Å²) in [5.74, 6) is -5.31. The van der Waals surface area contributed by atoms with Crippen molar-refractivity contribution < 1.29 is 39.3 Å². The Morgan fingerprint density at radius 2 is 1.74 bits per heavy atom. The highest BCUT2D eigenvalue weighted by Gasteiger charge is 2.39. The van der Waals surface area contributed by atoms with Gasteiger partial charge in [0.1, 0.15) is 24.2 Å². The molecular formula is C19H32N4O8. The van der Waals surface area contributed by atoms with Crippen molar-refractivity contribution >= 4 is 29.7 Å². The monoisotopic (exact) mass is 444 g/mol.